The van der Waals surface area contributed by atoms with E-state index in [1.807, 2.05) is 4.90 Å². The summed E-state index contributed by atoms with van der Waals surface area (Å²) in [7, 11) is 0. The van der Waals surface area contributed by atoms with Gasteiger partial charge in [-0.05, 0) is 39.0 Å². The molecule has 76 valence electrons. The van der Waals surface area contributed by atoms with E-state index in [0.717, 1.165) is 32.2 Å². The zero-order valence-electron chi connectivity index (χ0n) is 8.62. The van der Waals surface area contributed by atoms with Gasteiger partial charge in [-0.3, -0.25) is 4.79 Å². The fourth-order valence-electron chi connectivity index (χ4n) is 2.17. The molecule has 0 aromatic rings. The lowest BCUT2D eigenvalue weighted by molar-refractivity contribution is -0.138. The number of carbonyl (C=O) groups excluding carboxylic acids is 1. The van der Waals surface area contributed by atoms with Crippen molar-refractivity contribution in [3.63, 3.8) is 0 Å². The Morgan fingerprint density at radius 3 is 2.71 bits per heavy atom. The van der Waals surface area contributed by atoms with Gasteiger partial charge >= 0.3 is 0 Å². The van der Waals surface area contributed by atoms with Gasteiger partial charge in [0.25, 0.3) is 0 Å². The fraction of sp³-hybridized carbons (Fsp3) is 0.818. The van der Waals surface area contributed by atoms with Gasteiger partial charge in [0.1, 0.15) is 5.41 Å². The van der Waals surface area contributed by atoms with Crippen LogP contribution in [0.5, 0.6) is 0 Å². The van der Waals surface area contributed by atoms with Crippen LogP contribution < -0.4 is 0 Å². The molecule has 0 bridgehead atoms. The summed E-state index contributed by atoms with van der Waals surface area (Å²) in [6.45, 7) is 2.94. The highest BCUT2D eigenvalue weighted by molar-refractivity contribution is 5.88. The van der Waals surface area contributed by atoms with E-state index in [1.54, 1.807) is 0 Å². The number of amides is 1. The van der Waals surface area contributed by atoms with Crippen LogP contribution in [0.3, 0.4) is 0 Å². The Kier molecular flexibility index (Phi) is 2.22. The quantitative estimate of drug-likeness (QED) is 0.634. The minimum absolute atomic E-state index is 0.0900. The largest absolute Gasteiger partial charge is 0.339 e. The van der Waals surface area contributed by atoms with Crippen LogP contribution >= 0.6 is 0 Å². The zero-order chi connectivity index (χ0) is 10.2. The molecule has 2 rings (SSSR count). The lowest BCUT2D eigenvalue weighted by atomic mass is 9.99. The number of nitriles is 1. The van der Waals surface area contributed by atoms with E-state index in [9.17, 15) is 4.79 Å². The second-order valence-electron chi connectivity index (χ2n) is 4.54. The van der Waals surface area contributed by atoms with Crippen LogP contribution in [-0.4, -0.2) is 23.4 Å². The summed E-state index contributed by atoms with van der Waals surface area (Å²) in [4.78, 5) is 13.9. The van der Waals surface area contributed by atoms with Crippen molar-refractivity contribution in [2.45, 2.75) is 45.1 Å². The van der Waals surface area contributed by atoms with Gasteiger partial charge in [-0.2, -0.15) is 5.26 Å². The van der Waals surface area contributed by atoms with Crippen LogP contribution in [-0.2, 0) is 4.79 Å². The third-order valence-electron chi connectivity index (χ3n) is 3.44. The first-order chi connectivity index (χ1) is 6.69. The standard InChI is InChI=1S/C11H16N2O/c1-9-4-2-3-7-13(9)10(14)11(8-12)5-6-11/h9H,2-7H2,1H3. The summed E-state index contributed by atoms with van der Waals surface area (Å²) in [6, 6.07) is 2.51. The van der Waals surface area contributed by atoms with Crippen LogP contribution in [0.15, 0.2) is 0 Å². The van der Waals surface area contributed by atoms with Crippen molar-refractivity contribution in [1.29, 1.82) is 5.26 Å². The average molecular weight is 192 g/mol. The number of nitrogens with zero attached hydrogens (tertiary/aromatic N) is 2. The van der Waals surface area contributed by atoms with E-state index in [-0.39, 0.29) is 5.91 Å². The third-order valence-corrected chi connectivity index (χ3v) is 3.44. The normalized spacial score (nSPS) is 29.4. The SMILES string of the molecule is CC1CCCCN1C(=O)C1(C#N)CC1. The summed E-state index contributed by atoms with van der Waals surface area (Å²) >= 11 is 0. The van der Waals surface area contributed by atoms with E-state index in [1.165, 1.54) is 6.42 Å². The lowest BCUT2D eigenvalue weighted by Gasteiger charge is -2.34. The minimum Gasteiger partial charge on any atom is -0.339 e. The maximum atomic E-state index is 12.0. The molecule has 3 heteroatoms. The second-order valence-corrected chi connectivity index (χ2v) is 4.54. The van der Waals surface area contributed by atoms with Crippen LogP contribution in [0.1, 0.15) is 39.0 Å². The summed E-state index contributed by atoms with van der Waals surface area (Å²) < 4.78 is 0. The molecule has 2 fully saturated rings. The van der Waals surface area contributed by atoms with Gasteiger partial charge in [0.2, 0.25) is 5.91 Å². The molecule has 2 aliphatic rings. The van der Waals surface area contributed by atoms with Gasteiger partial charge in [-0.25, -0.2) is 0 Å². The molecule has 3 nitrogen and oxygen atoms in total. The van der Waals surface area contributed by atoms with Crippen molar-refractivity contribution in [1.82, 2.24) is 4.90 Å². The van der Waals surface area contributed by atoms with Crippen LogP contribution in [0.25, 0.3) is 0 Å². The summed E-state index contributed by atoms with van der Waals surface area (Å²) in [5.74, 6) is 0.0900. The lowest BCUT2D eigenvalue weighted by Crippen LogP contribution is -2.45. The van der Waals surface area contributed by atoms with Gasteiger partial charge in [0.15, 0.2) is 0 Å². The Morgan fingerprint density at radius 2 is 2.21 bits per heavy atom. The molecule has 14 heavy (non-hydrogen) atoms. The second kappa shape index (κ2) is 3.27. The summed E-state index contributed by atoms with van der Waals surface area (Å²) in [5, 5.41) is 8.95. The molecule has 1 amide bonds. The Labute approximate surface area is 84.7 Å². The van der Waals surface area contributed by atoms with Crippen LogP contribution in [0.2, 0.25) is 0 Å². The highest BCUT2D eigenvalue weighted by Gasteiger charge is 2.53. The Hall–Kier alpha value is -1.04. The van der Waals surface area contributed by atoms with Crippen molar-refractivity contribution >= 4 is 5.91 Å². The number of hydrogen-bond donors (Lipinski definition) is 0. The van der Waals surface area contributed by atoms with E-state index >= 15 is 0 Å². The third kappa shape index (κ3) is 1.39. The Morgan fingerprint density at radius 1 is 1.50 bits per heavy atom. The van der Waals surface area contributed by atoms with Crippen molar-refractivity contribution in [2.75, 3.05) is 6.54 Å². The van der Waals surface area contributed by atoms with Crippen LogP contribution in [0.4, 0.5) is 0 Å². The Bertz CT molecular complexity index is 288. The van der Waals surface area contributed by atoms with Crippen molar-refractivity contribution in [2.24, 2.45) is 5.41 Å². The maximum absolute atomic E-state index is 12.0. The first-order valence-corrected chi connectivity index (χ1v) is 5.42. The van der Waals surface area contributed by atoms with E-state index in [2.05, 4.69) is 13.0 Å². The van der Waals surface area contributed by atoms with Gasteiger partial charge in [0.05, 0.1) is 6.07 Å². The monoisotopic (exact) mass is 192 g/mol. The first-order valence-electron chi connectivity index (χ1n) is 5.42. The zero-order valence-corrected chi connectivity index (χ0v) is 8.62. The number of hydrogen-bond acceptors (Lipinski definition) is 2. The van der Waals surface area contributed by atoms with E-state index in [4.69, 9.17) is 5.26 Å². The molecular weight excluding hydrogens is 176 g/mol. The number of carbonyl (C=O) groups is 1. The molecule has 0 aromatic carbocycles. The van der Waals surface area contributed by atoms with Crippen molar-refractivity contribution in [3.05, 3.63) is 0 Å². The van der Waals surface area contributed by atoms with Gasteiger partial charge < -0.3 is 4.90 Å². The van der Waals surface area contributed by atoms with E-state index < -0.39 is 5.41 Å². The molecule has 1 aliphatic heterocycles. The average Bonchev–Trinajstić information content (AvgIpc) is 2.98. The molecule has 0 N–H and O–H groups in total. The molecule has 1 saturated heterocycles. The number of likely N-dealkylation sites (tertiary alicyclic amines) is 1. The van der Waals surface area contributed by atoms with Crippen LogP contribution in [0, 0.1) is 16.7 Å². The Balaban J connectivity index is 2.07. The fourth-order valence-corrected chi connectivity index (χ4v) is 2.17. The molecule has 1 saturated carbocycles. The molecule has 0 radical (unpaired) electrons. The smallest absolute Gasteiger partial charge is 0.243 e. The molecule has 0 spiro atoms. The first kappa shape index (κ1) is 9.51. The maximum Gasteiger partial charge on any atom is 0.243 e. The molecule has 0 aromatic heterocycles. The van der Waals surface area contributed by atoms with Gasteiger partial charge in [0, 0.05) is 12.6 Å². The highest BCUT2D eigenvalue weighted by atomic mass is 16.2. The summed E-state index contributed by atoms with van der Waals surface area (Å²) in [6.07, 6.45) is 4.94. The predicted molar refractivity (Wildman–Crippen MR) is 52.3 cm³/mol. The predicted octanol–water partition coefficient (Wildman–Crippen LogP) is 1.69. The molecule has 1 aliphatic carbocycles. The molecular formula is C11H16N2O. The molecule has 1 heterocycles. The number of piperidine rings is 1. The highest BCUT2D eigenvalue weighted by Crippen LogP contribution is 2.47. The van der Waals surface area contributed by atoms with Crippen molar-refractivity contribution in [3.8, 4) is 6.07 Å². The van der Waals surface area contributed by atoms with E-state index in [0.29, 0.717) is 6.04 Å². The molecule has 1 unspecified atom stereocenters. The topological polar surface area (TPSA) is 44.1 Å². The number of rotatable bonds is 1. The van der Waals surface area contributed by atoms with Gasteiger partial charge in [-0.1, -0.05) is 0 Å². The minimum atomic E-state index is -0.619. The van der Waals surface area contributed by atoms with Gasteiger partial charge in [-0.15, -0.1) is 0 Å². The van der Waals surface area contributed by atoms with Crippen molar-refractivity contribution < 1.29 is 4.79 Å². The molecule has 1 atom stereocenters. The summed E-state index contributed by atoms with van der Waals surface area (Å²) in [5.41, 5.74) is -0.619.